The van der Waals surface area contributed by atoms with E-state index in [2.05, 4.69) is 15.0 Å². The number of nitrogens with zero attached hydrogens (tertiary/aromatic N) is 4. The Morgan fingerprint density at radius 2 is 2.00 bits per heavy atom. The number of hydrogen-bond acceptors (Lipinski definition) is 6. The van der Waals surface area contributed by atoms with Crippen LogP contribution in [0, 0.1) is 0 Å². The van der Waals surface area contributed by atoms with E-state index in [1.165, 1.54) is 13.4 Å². The van der Waals surface area contributed by atoms with E-state index in [0.717, 1.165) is 16.6 Å². The zero-order valence-corrected chi connectivity index (χ0v) is 13.7. The van der Waals surface area contributed by atoms with Crippen LogP contribution in [0.15, 0.2) is 37.2 Å². The maximum Gasteiger partial charge on any atom is 0.337 e. The van der Waals surface area contributed by atoms with E-state index >= 15 is 0 Å². The van der Waals surface area contributed by atoms with Gasteiger partial charge in [-0.1, -0.05) is 0 Å². The maximum absolute atomic E-state index is 12.0. The van der Waals surface area contributed by atoms with Crippen molar-refractivity contribution in [1.82, 2.24) is 19.5 Å². The minimum Gasteiger partial charge on any atom is -0.465 e. The molecule has 0 spiro atoms. The molecule has 7 heteroatoms. The third-order valence-corrected chi connectivity index (χ3v) is 3.97. The number of esters is 1. The summed E-state index contributed by atoms with van der Waals surface area (Å²) in [7, 11) is 1.34. The second kappa shape index (κ2) is 6.01. The maximum atomic E-state index is 12.0. The summed E-state index contributed by atoms with van der Waals surface area (Å²) in [6.07, 6.45) is 6.45. The highest BCUT2D eigenvalue weighted by Gasteiger charge is 2.24. The van der Waals surface area contributed by atoms with Gasteiger partial charge in [0, 0.05) is 23.5 Å². The van der Waals surface area contributed by atoms with Gasteiger partial charge >= 0.3 is 5.97 Å². The molecule has 0 aliphatic heterocycles. The average molecular weight is 326 g/mol. The highest BCUT2D eigenvalue weighted by molar-refractivity contribution is 6.00. The van der Waals surface area contributed by atoms with Gasteiger partial charge in [-0.2, -0.15) is 0 Å². The van der Waals surface area contributed by atoms with Crippen LogP contribution in [0.1, 0.15) is 24.2 Å². The molecule has 0 fully saturated rings. The molecular formula is C17H18N4O3. The van der Waals surface area contributed by atoms with E-state index in [0.29, 0.717) is 11.1 Å². The molecule has 24 heavy (non-hydrogen) atoms. The van der Waals surface area contributed by atoms with Crippen molar-refractivity contribution in [3.05, 3.63) is 42.7 Å². The number of rotatable bonds is 4. The summed E-state index contributed by atoms with van der Waals surface area (Å²) >= 11 is 0. The number of methoxy groups -OCH3 is 1. The van der Waals surface area contributed by atoms with Crippen molar-refractivity contribution >= 4 is 17.0 Å². The fraction of sp³-hybridized carbons (Fsp3) is 0.294. The van der Waals surface area contributed by atoms with Crippen LogP contribution in [0.3, 0.4) is 0 Å². The van der Waals surface area contributed by atoms with Gasteiger partial charge in [-0.05, 0) is 26.0 Å². The fourth-order valence-corrected chi connectivity index (χ4v) is 2.58. The van der Waals surface area contributed by atoms with Gasteiger partial charge in [0.15, 0.2) is 0 Å². The largest absolute Gasteiger partial charge is 0.465 e. The summed E-state index contributed by atoms with van der Waals surface area (Å²) in [6, 6.07) is 3.41. The standard InChI is InChI=1S/C17H18N4O3/c1-17(2,8-22)21-10-20-14-5-11(16(23)24-3)4-13(15(14)21)12-6-18-9-19-7-12/h4-7,9-10,22H,8H2,1-3H3. The number of aliphatic hydroxyl groups is 1. The van der Waals surface area contributed by atoms with E-state index in [1.54, 1.807) is 30.9 Å². The second-order valence-corrected chi connectivity index (χ2v) is 6.10. The molecule has 0 aliphatic carbocycles. The van der Waals surface area contributed by atoms with Crippen LogP contribution in [0.2, 0.25) is 0 Å². The Morgan fingerprint density at radius 3 is 2.62 bits per heavy atom. The smallest absolute Gasteiger partial charge is 0.337 e. The zero-order valence-electron chi connectivity index (χ0n) is 13.7. The third kappa shape index (κ3) is 2.63. The van der Waals surface area contributed by atoms with Gasteiger partial charge < -0.3 is 14.4 Å². The van der Waals surface area contributed by atoms with E-state index in [-0.39, 0.29) is 6.61 Å². The van der Waals surface area contributed by atoms with Gasteiger partial charge in [0.25, 0.3) is 0 Å². The second-order valence-electron chi connectivity index (χ2n) is 6.10. The molecule has 0 bridgehead atoms. The highest BCUT2D eigenvalue weighted by Crippen LogP contribution is 2.32. The number of hydrogen-bond donors (Lipinski definition) is 1. The van der Waals surface area contributed by atoms with Crippen molar-refractivity contribution < 1.29 is 14.6 Å². The number of fused-ring (bicyclic) bond motifs is 1. The Morgan fingerprint density at radius 1 is 1.29 bits per heavy atom. The number of aliphatic hydroxyl groups excluding tert-OH is 1. The van der Waals surface area contributed by atoms with Crippen LogP contribution < -0.4 is 0 Å². The molecule has 0 saturated heterocycles. The zero-order chi connectivity index (χ0) is 17.3. The highest BCUT2D eigenvalue weighted by atomic mass is 16.5. The van der Waals surface area contributed by atoms with Crippen molar-refractivity contribution in [3.8, 4) is 11.1 Å². The quantitative estimate of drug-likeness (QED) is 0.738. The van der Waals surface area contributed by atoms with Crippen molar-refractivity contribution in [2.45, 2.75) is 19.4 Å². The Labute approximate surface area is 139 Å². The molecule has 124 valence electrons. The van der Waals surface area contributed by atoms with Gasteiger partial charge in [0.05, 0.1) is 42.2 Å². The van der Waals surface area contributed by atoms with Crippen molar-refractivity contribution in [3.63, 3.8) is 0 Å². The molecule has 2 heterocycles. The van der Waals surface area contributed by atoms with Crippen molar-refractivity contribution in [1.29, 1.82) is 0 Å². The topological polar surface area (TPSA) is 90.1 Å². The molecule has 1 aromatic carbocycles. The number of carbonyl (C=O) groups is 1. The number of imidazole rings is 1. The lowest BCUT2D eigenvalue weighted by atomic mass is 10.0. The molecule has 7 nitrogen and oxygen atoms in total. The van der Waals surface area contributed by atoms with Crippen LogP contribution in [-0.2, 0) is 10.3 Å². The molecule has 0 aliphatic rings. The summed E-state index contributed by atoms with van der Waals surface area (Å²) in [5.74, 6) is -0.439. The molecule has 1 N–H and O–H groups in total. The van der Waals surface area contributed by atoms with Gasteiger partial charge in [0.2, 0.25) is 0 Å². The molecular weight excluding hydrogens is 308 g/mol. The van der Waals surface area contributed by atoms with Gasteiger partial charge in [-0.15, -0.1) is 0 Å². The monoisotopic (exact) mass is 326 g/mol. The van der Waals surface area contributed by atoms with Crippen LogP contribution in [0.4, 0.5) is 0 Å². The van der Waals surface area contributed by atoms with E-state index in [1.807, 2.05) is 18.4 Å². The SMILES string of the molecule is COC(=O)c1cc(-c2cncnc2)c2c(c1)ncn2C(C)(C)CO. The molecule has 0 saturated carbocycles. The predicted octanol–water partition coefficient (Wildman–Crippen LogP) is 2.01. The first kappa shape index (κ1) is 16.1. The first-order valence-corrected chi connectivity index (χ1v) is 7.44. The molecule has 0 unspecified atom stereocenters. The minimum atomic E-state index is -0.550. The number of ether oxygens (including phenoxy) is 1. The summed E-state index contributed by atoms with van der Waals surface area (Å²) in [5, 5.41) is 9.72. The molecule has 3 rings (SSSR count). The number of benzene rings is 1. The van der Waals surface area contributed by atoms with Crippen molar-refractivity contribution in [2.75, 3.05) is 13.7 Å². The van der Waals surface area contributed by atoms with Crippen LogP contribution in [0.25, 0.3) is 22.2 Å². The molecule has 3 aromatic rings. The normalized spacial score (nSPS) is 11.7. The summed E-state index contributed by atoms with van der Waals surface area (Å²) in [4.78, 5) is 24.5. The number of carbonyl (C=O) groups excluding carboxylic acids is 1. The molecule has 0 radical (unpaired) electrons. The number of aromatic nitrogens is 4. The minimum absolute atomic E-state index is 0.0536. The molecule has 0 atom stereocenters. The Hall–Kier alpha value is -2.80. The lowest BCUT2D eigenvalue weighted by Crippen LogP contribution is -2.29. The van der Waals surface area contributed by atoms with E-state index in [4.69, 9.17) is 4.74 Å². The van der Waals surface area contributed by atoms with Gasteiger partial charge in [0.1, 0.15) is 6.33 Å². The Balaban J connectivity index is 2.35. The lowest BCUT2D eigenvalue weighted by Gasteiger charge is -2.25. The predicted molar refractivity (Wildman–Crippen MR) is 88.5 cm³/mol. The molecule has 2 aromatic heterocycles. The van der Waals surface area contributed by atoms with E-state index < -0.39 is 11.5 Å². The van der Waals surface area contributed by atoms with Crippen molar-refractivity contribution in [2.24, 2.45) is 0 Å². The Kier molecular flexibility index (Phi) is 4.02. The molecule has 0 amide bonds. The van der Waals surface area contributed by atoms with Crippen LogP contribution in [-0.4, -0.2) is 44.3 Å². The summed E-state index contributed by atoms with van der Waals surface area (Å²) in [6.45, 7) is 3.77. The van der Waals surface area contributed by atoms with E-state index in [9.17, 15) is 9.90 Å². The first-order valence-electron chi connectivity index (χ1n) is 7.44. The summed E-state index contributed by atoms with van der Waals surface area (Å²) < 4.78 is 6.72. The van der Waals surface area contributed by atoms with Gasteiger partial charge in [-0.25, -0.2) is 19.7 Å². The van der Waals surface area contributed by atoms with Crippen LogP contribution >= 0.6 is 0 Å². The Bertz CT molecular complexity index is 887. The lowest BCUT2D eigenvalue weighted by molar-refractivity contribution is 0.0601. The fourth-order valence-electron chi connectivity index (χ4n) is 2.58. The summed E-state index contributed by atoms with van der Waals surface area (Å²) in [5.41, 5.74) is 2.80. The third-order valence-electron chi connectivity index (χ3n) is 3.97. The van der Waals surface area contributed by atoms with Crippen LogP contribution in [0.5, 0.6) is 0 Å². The first-order chi connectivity index (χ1) is 11.5. The average Bonchev–Trinajstić information content (AvgIpc) is 3.05. The van der Waals surface area contributed by atoms with Gasteiger partial charge in [-0.3, -0.25) is 0 Å².